The molecule has 0 amide bonds. The summed E-state index contributed by atoms with van der Waals surface area (Å²) in [4.78, 5) is -1.86. The number of rotatable bonds is 1. The third-order valence-corrected chi connectivity index (χ3v) is 0.922. The van der Waals surface area contributed by atoms with Crippen LogP contribution in [0.5, 0.6) is 0 Å². The third kappa shape index (κ3) is 1.53. The Morgan fingerprint density at radius 1 is 1.10 bits per heavy atom. The number of alkyl halides is 5. The first-order valence-corrected chi connectivity index (χ1v) is 2.35. The van der Waals surface area contributed by atoms with E-state index in [0.29, 0.717) is 0 Å². The molecule has 0 aliphatic rings. The average molecular weight is 179 g/mol. The van der Waals surface area contributed by atoms with E-state index in [4.69, 9.17) is 0 Å². The molecule has 0 saturated heterocycles. The van der Waals surface area contributed by atoms with Gasteiger partial charge in [-0.1, -0.05) is 12.2 Å². The van der Waals surface area contributed by atoms with Crippen molar-refractivity contribution in [3.05, 3.63) is 0 Å². The molecular formula is C3H2F5NS. The number of hydrogen-bond acceptors (Lipinski definition) is 1. The van der Waals surface area contributed by atoms with Gasteiger partial charge in [0.05, 0.1) is 0 Å². The van der Waals surface area contributed by atoms with Crippen LogP contribution in [-0.2, 0) is 0 Å². The van der Waals surface area contributed by atoms with E-state index in [1.54, 1.807) is 0 Å². The molecule has 10 heavy (non-hydrogen) atoms. The first-order chi connectivity index (χ1) is 4.19. The Hall–Kier alpha value is -0.460. The van der Waals surface area contributed by atoms with Gasteiger partial charge in [0.1, 0.15) is 0 Å². The fourth-order valence-electron chi connectivity index (χ4n) is 0.140. The van der Waals surface area contributed by atoms with Crippen LogP contribution in [0.4, 0.5) is 22.0 Å². The van der Waals surface area contributed by atoms with Crippen LogP contribution >= 0.6 is 12.2 Å². The van der Waals surface area contributed by atoms with Crippen molar-refractivity contribution in [3.63, 3.8) is 0 Å². The molecule has 60 valence electrons. The minimum absolute atomic E-state index is 1.86. The molecule has 2 N–H and O–H groups in total. The second-order valence-electron chi connectivity index (χ2n) is 1.44. The van der Waals surface area contributed by atoms with Gasteiger partial charge in [0.25, 0.3) is 0 Å². The quantitative estimate of drug-likeness (QED) is 0.487. The van der Waals surface area contributed by atoms with Crippen LogP contribution in [0.15, 0.2) is 0 Å². The van der Waals surface area contributed by atoms with Gasteiger partial charge in [0.2, 0.25) is 0 Å². The maximum atomic E-state index is 11.7. The van der Waals surface area contributed by atoms with Gasteiger partial charge >= 0.3 is 12.1 Å². The molecule has 0 unspecified atom stereocenters. The summed E-state index contributed by atoms with van der Waals surface area (Å²) in [6.45, 7) is 0. The Kier molecular flexibility index (Phi) is 2.19. The zero-order valence-electron chi connectivity index (χ0n) is 4.38. The van der Waals surface area contributed by atoms with Crippen LogP contribution in [-0.4, -0.2) is 17.1 Å². The maximum Gasteiger partial charge on any atom is 0.460 e. The van der Waals surface area contributed by atoms with Crippen molar-refractivity contribution in [2.75, 3.05) is 0 Å². The van der Waals surface area contributed by atoms with Crippen molar-refractivity contribution in [2.45, 2.75) is 12.1 Å². The highest BCUT2D eigenvalue weighted by Gasteiger charge is 2.60. The lowest BCUT2D eigenvalue weighted by atomic mass is 10.3. The zero-order valence-corrected chi connectivity index (χ0v) is 5.19. The summed E-state index contributed by atoms with van der Waals surface area (Å²) < 4.78 is 56.8. The molecule has 0 heterocycles. The molecule has 0 aliphatic heterocycles. The fraction of sp³-hybridized carbons (Fsp3) is 0.667. The van der Waals surface area contributed by atoms with E-state index in [1.165, 1.54) is 0 Å². The van der Waals surface area contributed by atoms with E-state index >= 15 is 0 Å². The van der Waals surface area contributed by atoms with E-state index in [9.17, 15) is 22.0 Å². The van der Waals surface area contributed by atoms with Gasteiger partial charge < -0.3 is 5.73 Å². The van der Waals surface area contributed by atoms with Crippen LogP contribution in [0.1, 0.15) is 0 Å². The molecule has 1 nitrogen and oxygen atoms in total. The number of nitrogens with two attached hydrogens (primary N) is 1. The summed E-state index contributed by atoms with van der Waals surface area (Å²) in [5, 5.41) is 0. The number of thiocarbonyl (C=S) groups is 1. The third-order valence-electron chi connectivity index (χ3n) is 0.665. The average Bonchev–Trinajstić information content (AvgIpc) is 1.62. The minimum Gasteiger partial charge on any atom is -0.388 e. The Morgan fingerprint density at radius 2 is 1.40 bits per heavy atom. The standard InChI is InChI=1S/C3H2F5NS/c4-2(5,1(9)10)3(6,7)8/h(H2,9,10). The van der Waals surface area contributed by atoms with Gasteiger partial charge in [0.15, 0.2) is 4.99 Å². The summed E-state index contributed by atoms with van der Waals surface area (Å²) in [6.07, 6.45) is -5.68. The van der Waals surface area contributed by atoms with E-state index in [-0.39, 0.29) is 0 Å². The number of halogens is 5. The predicted molar refractivity (Wildman–Crippen MR) is 27.8 cm³/mol. The summed E-state index contributed by atoms with van der Waals surface area (Å²) in [5.41, 5.74) is 4.12. The van der Waals surface area contributed by atoms with Crippen molar-refractivity contribution in [1.29, 1.82) is 0 Å². The first kappa shape index (κ1) is 9.54. The molecule has 0 bridgehead atoms. The topological polar surface area (TPSA) is 26.0 Å². The molecule has 0 rings (SSSR count). The highest BCUT2D eigenvalue weighted by Crippen LogP contribution is 2.35. The van der Waals surface area contributed by atoms with E-state index in [2.05, 4.69) is 18.0 Å². The first-order valence-electron chi connectivity index (χ1n) is 1.94. The Balaban J connectivity index is 4.57. The number of hydrogen-bond donors (Lipinski definition) is 1. The second kappa shape index (κ2) is 2.30. The lowest BCUT2D eigenvalue weighted by Gasteiger charge is -2.16. The van der Waals surface area contributed by atoms with E-state index in [1.807, 2.05) is 0 Å². The Morgan fingerprint density at radius 3 is 1.40 bits per heavy atom. The molecule has 0 spiro atoms. The lowest BCUT2D eigenvalue weighted by Crippen LogP contribution is -2.46. The largest absolute Gasteiger partial charge is 0.460 e. The van der Waals surface area contributed by atoms with Crippen LogP contribution in [0.3, 0.4) is 0 Å². The predicted octanol–water partition coefficient (Wildman–Crippen LogP) is 1.47. The van der Waals surface area contributed by atoms with E-state index in [0.717, 1.165) is 0 Å². The van der Waals surface area contributed by atoms with Crippen molar-refractivity contribution in [2.24, 2.45) is 5.73 Å². The highest BCUT2D eigenvalue weighted by atomic mass is 32.1. The summed E-state index contributed by atoms with van der Waals surface area (Å²) in [5.74, 6) is -5.05. The molecule has 0 fully saturated rings. The molecular weight excluding hydrogens is 177 g/mol. The Bertz CT molecular complexity index is 149. The van der Waals surface area contributed by atoms with Crippen molar-refractivity contribution >= 4 is 17.2 Å². The van der Waals surface area contributed by atoms with Gasteiger partial charge in [-0.25, -0.2) is 0 Å². The smallest absolute Gasteiger partial charge is 0.388 e. The second-order valence-corrected chi connectivity index (χ2v) is 1.88. The SMILES string of the molecule is NC(=S)C(F)(F)C(F)(F)F. The molecule has 0 aromatic carbocycles. The molecule has 0 aliphatic carbocycles. The Labute approximate surface area is 58.0 Å². The molecule has 0 saturated carbocycles. The summed E-state index contributed by atoms with van der Waals surface area (Å²) in [7, 11) is 0. The van der Waals surface area contributed by atoms with E-state index < -0.39 is 17.1 Å². The molecule has 0 aromatic rings. The van der Waals surface area contributed by atoms with Crippen LogP contribution in [0.25, 0.3) is 0 Å². The summed E-state index contributed by atoms with van der Waals surface area (Å²) >= 11 is 3.49. The fourth-order valence-corrected chi connectivity index (χ4v) is 0.255. The molecule has 0 radical (unpaired) electrons. The summed E-state index contributed by atoms with van der Waals surface area (Å²) in [6, 6.07) is 0. The van der Waals surface area contributed by atoms with Gasteiger partial charge in [-0.3, -0.25) is 0 Å². The van der Waals surface area contributed by atoms with Crippen molar-refractivity contribution < 1.29 is 22.0 Å². The van der Waals surface area contributed by atoms with Gasteiger partial charge in [-0.15, -0.1) is 0 Å². The van der Waals surface area contributed by atoms with Crippen LogP contribution in [0, 0.1) is 0 Å². The molecule has 7 heteroatoms. The monoisotopic (exact) mass is 179 g/mol. The maximum absolute atomic E-state index is 11.7. The molecule has 0 aromatic heterocycles. The van der Waals surface area contributed by atoms with Crippen molar-refractivity contribution in [3.8, 4) is 0 Å². The van der Waals surface area contributed by atoms with Crippen molar-refractivity contribution in [1.82, 2.24) is 0 Å². The van der Waals surface area contributed by atoms with Crippen LogP contribution in [0.2, 0.25) is 0 Å². The lowest BCUT2D eigenvalue weighted by molar-refractivity contribution is -0.248. The van der Waals surface area contributed by atoms with Gasteiger partial charge in [0, 0.05) is 0 Å². The normalized spacial score (nSPS) is 13.3. The van der Waals surface area contributed by atoms with Crippen LogP contribution < -0.4 is 5.73 Å². The van der Waals surface area contributed by atoms with Gasteiger partial charge in [-0.2, -0.15) is 22.0 Å². The highest BCUT2D eigenvalue weighted by molar-refractivity contribution is 7.80. The zero-order chi connectivity index (χ0) is 8.58. The minimum atomic E-state index is -5.68. The molecule has 0 atom stereocenters. The van der Waals surface area contributed by atoms with Gasteiger partial charge in [-0.05, 0) is 0 Å².